The summed E-state index contributed by atoms with van der Waals surface area (Å²) in [6, 6.07) is 10.6. The maximum atomic E-state index is 11.7. The Bertz CT molecular complexity index is 644. The fourth-order valence-corrected chi connectivity index (χ4v) is 1.72. The minimum atomic E-state index is -0.363. The highest BCUT2D eigenvalue weighted by Crippen LogP contribution is 2.22. The summed E-state index contributed by atoms with van der Waals surface area (Å²) in [6.45, 7) is 1.62. The van der Waals surface area contributed by atoms with E-state index in [1.807, 2.05) is 6.07 Å². The van der Waals surface area contributed by atoms with Gasteiger partial charge in [-0.05, 0) is 25.1 Å². The van der Waals surface area contributed by atoms with Crippen LogP contribution in [-0.2, 0) is 4.79 Å². The number of para-hydroxylation sites is 1. The Hall–Kier alpha value is -2.40. The van der Waals surface area contributed by atoms with Gasteiger partial charge in [0, 0.05) is 18.0 Å². The number of benzene rings is 1. The zero-order valence-electron chi connectivity index (χ0n) is 11.4. The Kier molecular flexibility index (Phi) is 5.29. The molecule has 1 aromatic heterocycles. The van der Waals surface area contributed by atoms with E-state index in [-0.39, 0.29) is 12.5 Å². The Morgan fingerprint density at radius 3 is 2.86 bits per heavy atom. The predicted molar refractivity (Wildman–Crippen MR) is 81.5 cm³/mol. The minimum Gasteiger partial charge on any atom is -0.482 e. The normalized spacial score (nSPS) is 11.0. The lowest BCUT2D eigenvalue weighted by atomic mass is 10.2. The van der Waals surface area contributed by atoms with Gasteiger partial charge in [0.25, 0.3) is 5.91 Å². The van der Waals surface area contributed by atoms with Gasteiger partial charge in [-0.25, -0.2) is 5.43 Å². The van der Waals surface area contributed by atoms with Crippen LogP contribution in [0.25, 0.3) is 0 Å². The molecule has 2 rings (SSSR count). The van der Waals surface area contributed by atoms with Crippen LogP contribution in [0.3, 0.4) is 0 Å². The van der Waals surface area contributed by atoms with Crippen LogP contribution < -0.4 is 10.2 Å². The molecule has 0 fully saturated rings. The topological polar surface area (TPSA) is 63.6 Å². The lowest BCUT2D eigenvalue weighted by molar-refractivity contribution is -0.123. The molecule has 1 aromatic carbocycles. The summed E-state index contributed by atoms with van der Waals surface area (Å²) in [5.41, 5.74) is 3.92. The van der Waals surface area contributed by atoms with E-state index in [1.165, 1.54) is 0 Å². The molecule has 6 heteroatoms. The number of nitrogens with one attached hydrogen (secondary N) is 1. The van der Waals surface area contributed by atoms with Crippen molar-refractivity contribution in [1.82, 2.24) is 10.4 Å². The standard InChI is InChI=1S/C15H14ClN3O2/c1-11(12-5-4-8-17-9-12)18-19-15(20)10-21-14-7-3-2-6-13(14)16/h2-9H,10H2,1H3,(H,19,20)/b18-11-. The number of hydrogen-bond acceptors (Lipinski definition) is 4. The van der Waals surface area contributed by atoms with Crippen molar-refractivity contribution in [2.24, 2.45) is 5.10 Å². The molecule has 0 aliphatic carbocycles. The SMILES string of the molecule is C/C(=N/NC(=O)COc1ccccc1Cl)c1cccnc1. The second-order valence-corrected chi connectivity index (χ2v) is 4.60. The van der Waals surface area contributed by atoms with E-state index in [4.69, 9.17) is 16.3 Å². The number of carbonyl (C=O) groups excluding carboxylic acids is 1. The van der Waals surface area contributed by atoms with Gasteiger partial charge >= 0.3 is 0 Å². The molecule has 108 valence electrons. The van der Waals surface area contributed by atoms with Crippen LogP contribution in [0.4, 0.5) is 0 Å². The van der Waals surface area contributed by atoms with Crippen molar-refractivity contribution in [1.29, 1.82) is 0 Å². The first kappa shape index (κ1) is 15.0. The number of carbonyl (C=O) groups is 1. The molecule has 0 atom stereocenters. The van der Waals surface area contributed by atoms with Crippen molar-refractivity contribution in [2.45, 2.75) is 6.92 Å². The van der Waals surface area contributed by atoms with Crippen LogP contribution in [0, 0.1) is 0 Å². The maximum Gasteiger partial charge on any atom is 0.277 e. The fraction of sp³-hybridized carbons (Fsp3) is 0.133. The smallest absolute Gasteiger partial charge is 0.277 e. The minimum absolute atomic E-state index is 0.159. The number of halogens is 1. The third-order valence-corrected chi connectivity index (χ3v) is 2.94. The summed E-state index contributed by atoms with van der Waals surface area (Å²) in [4.78, 5) is 15.6. The van der Waals surface area contributed by atoms with Gasteiger partial charge in [-0.3, -0.25) is 9.78 Å². The molecule has 21 heavy (non-hydrogen) atoms. The lowest BCUT2D eigenvalue weighted by Gasteiger charge is -2.07. The monoisotopic (exact) mass is 303 g/mol. The number of nitrogens with zero attached hydrogens (tertiary/aromatic N) is 2. The van der Waals surface area contributed by atoms with Crippen molar-refractivity contribution in [3.8, 4) is 5.75 Å². The van der Waals surface area contributed by atoms with Crippen LogP contribution in [0.5, 0.6) is 5.75 Å². The molecule has 5 nitrogen and oxygen atoms in total. The molecule has 0 spiro atoms. The molecule has 0 aliphatic heterocycles. The average Bonchev–Trinajstić information content (AvgIpc) is 2.52. The highest BCUT2D eigenvalue weighted by Gasteiger charge is 2.05. The number of pyridine rings is 1. The summed E-state index contributed by atoms with van der Waals surface area (Å²) >= 11 is 5.92. The summed E-state index contributed by atoms with van der Waals surface area (Å²) in [6.07, 6.45) is 3.35. The second-order valence-electron chi connectivity index (χ2n) is 4.19. The Morgan fingerprint density at radius 2 is 2.14 bits per heavy atom. The molecule has 0 aliphatic rings. The summed E-state index contributed by atoms with van der Waals surface area (Å²) in [5, 5.41) is 4.45. The van der Waals surface area contributed by atoms with E-state index in [0.717, 1.165) is 5.56 Å². The van der Waals surface area contributed by atoms with Crippen molar-refractivity contribution in [3.05, 3.63) is 59.4 Å². The van der Waals surface area contributed by atoms with E-state index in [0.29, 0.717) is 16.5 Å². The van der Waals surface area contributed by atoms with Crippen LogP contribution in [0.15, 0.2) is 53.9 Å². The second kappa shape index (κ2) is 7.40. The summed E-state index contributed by atoms with van der Waals surface area (Å²) in [5.74, 6) is 0.0976. The number of rotatable bonds is 5. The van der Waals surface area contributed by atoms with E-state index in [1.54, 1.807) is 49.6 Å². The highest BCUT2D eigenvalue weighted by atomic mass is 35.5. The van der Waals surface area contributed by atoms with Gasteiger partial charge in [-0.15, -0.1) is 0 Å². The molecular weight excluding hydrogens is 290 g/mol. The maximum absolute atomic E-state index is 11.7. The van der Waals surface area contributed by atoms with Gasteiger partial charge in [0.15, 0.2) is 6.61 Å². The fourth-order valence-electron chi connectivity index (χ4n) is 1.52. The number of hydrazone groups is 1. The molecule has 0 bridgehead atoms. The number of hydrogen-bond donors (Lipinski definition) is 1. The van der Waals surface area contributed by atoms with Crippen LogP contribution in [-0.4, -0.2) is 23.2 Å². The zero-order valence-corrected chi connectivity index (χ0v) is 12.2. The Morgan fingerprint density at radius 1 is 1.33 bits per heavy atom. The first-order chi connectivity index (χ1) is 10.2. The lowest BCUT2D eigenvalue weighted by Crippen LogP contribution is -2.25. The van der Waals surface area contributed by atoms with E-state index >= 15 is 0 Å². The molecule has 2 aromatic rings. The van der Waals surface area contributed by atoms with Crippen LogP contribution in [0.2, 0.25) is 5.02 Å². The van der Waals surface area contributed by atoms with Gasteiger partial charge in [-0.2, -0.15) is 5.10 Å². The molecule has 0 radical (unpaired) electrons. The first-order valence-electron chi connectivity index (χ1n) is 6.27. The van der Waals surface area contributed by atoms with Crippen molar-refractivity contribution in [2.75, 3.05) is 6.61 Å². The quantitative estimate of drug-likeness (QED) is 0.682. The zero-order chi connectivity index (χ0) is 15.1. The predicted octanol–water partition coefficient (Wildman–Crippen LogP) is 2.65. The van der Waals surface area contributed by atoms with E-state index < -0.39 is 0 Å². The highest BCUT2D eigenvalue weighted by molar-refractivity contribution is 6.32. The molecule has 0 saturated heterocycles. The number of aromatic nitrogens is 1. The Labute approximate surface area is 127 Å². The molecule has 0 saturated carbocycles. The van der Waals surface area contributed by atoms with Crippen molar-refractivity contribution >= 4 is 23.2 Å². The Balaban J connectivity index is 1.87. The molecular formula is C15H14ClN3O2. The molecule has 1 amide bonds. The van der Waals surface area contributed by atoms with Gasteiger partial charge in [0.05, 0.1) is 10.7 Å². The molecule has 1 heterocycles. The van der Waals surface area contributed by atoms with Gasteiger partial charge in [0.2, 0.25) is 0 Å². The van der Waals surface area contributed by atoms with E-state index in [9.17, 15) is 4.79 Å². The number of ether oxygens (including phenoxy) is 1. The summed E-state index contributed by atoms with van der Waals surface area (Å²) < 4.78 is 5.31. The van der Waals surface area contributed by atoms with Crippen molar-refractivity contribution in [3.63, 3.8) is 0 Å². The number of amides is 1. The molecule has 0 unspecified atom stereocenters. The molecule has 1 N–H and O–H groups in total. The first-order valence-corrected chi connectivity index (χ1v) is 6.65. The largest absolute Gasteiger partial charge is 0.482 e. The van der Waals surface area contributed by atoms with Crippen LogP contribution >= 0.6 is 11.6 Å². The third kappa shape index (κ3) is 4.57. The summed E-state index contributed by atoms with van der Waals surface area (Å²) in [7, 11) is 0. The third-order valence-electron chi connectivity index (χ3n) is 2.62. The van der Waals surface area contributed by atoms with Crippen molar-refractivity contribution < 1.29 is 9.53 Å². The van der Waals surface area contributed by atoms with Gasteiger partial charge in [-0.1, -0.05) is 29.8 Å². The average molecular weight is 304 g/mol. The van der Waals surface area contributed by atoms with Crippen LogP contribution in [0.1, 0.15) is 12.5 Å². The van der Waals surface area contributed by atoms with Gasteiger partial charge in [0.1, 0.15) is 5.75 Å². The van der Waals surface area contributed by atoms with E-state index in [2.05, 4.69) is 15.5 Å². The van der Waals surface area contributed by atoms with Gasteiger partial charge < -0.3 is 4.74 Å².